The molecule has 0 amide bonds. The van der Waals surface area contributed by atoms with Crippen LogP contribution in [0.3, 0.4) is 0 Å². The maximum atomic E-state index is 11.6. The lowest BCUT2D eigenvalue weighted by Gasteiger charge is -2.02. The van der Waals surface area contributed by atoms with Gasteiger partial charge in [0.05, 0.1) is 21.2 Å². The van der Waals surface area contributed by atoms with Gasteiger partial charge < -0.3 is 0 Å². The van der Waals surface area contributed by atoms with Crippen molar-refractivity contribution in [1.82, 2.24) is 9.44 Å². The Labute approximate surface area is 140 Å². The molecule has 128 valence electrons. The SMILES string of the molecule is CNS(=O)(=O)c1ccc(N=Nc2ccc(S(=O)(=O)NC)cc2)cc1. The molecule has 0 aliphatic carbocycles. The molecule has 0 atom stereocenters. The average Bonchev–Trinajstić information content (AvgIpc) is 2.60. The zero-order chi connectivity index (χ0) is 17.8. The lowest BCUT2D eigenvalue weighted by Crippen LogP contribution is -2.18. The molecule has 10 heteroatoms. The van der Waals surface area contributed by atoms with Gasteiger partial charge in [0.2, 0.25) is 20.0 Å². The van der Waals surface area contributed by atoms with Gasteiger partial charge in [-0.1, -0.05) is 0 Å². The summed E-state index contributed by atoms with van der Waals surface area (Å²) >= 11 is 0. The van der Waals surface area contributed by atoms with Crippen molar-refractivity contribution < 1.29 is 16.8 Å². The first-order valence-corrected chi connectivity index (χ1v) is 9.74. The van der Waals surface area contributed by atoms with Crippen molar-refractivity contribution in [3.05, 3.63) is 48.5 Å². The van der Waals surface area contributed by atoms with E-state index in [1.165, 1.54) is 62.6 Å². The molecule has 0 fully saturated rings. The molecule has 0 spiro atoms. The highest BCUT2D eigenvalue weighted by Gasteiger charge is 2.11. The highest BCUT2D eigenvalue weighted by atomic mass is 32.2. The van der Waals surface area contributed by atoms with Gasteiger partial charge in [-0.2, -0.15) is 10.2 Å². The first-order valence-electron chi connectivity index (χ1n) is 6.77. The fourth-order valence-electron chi connectivity index (χ4n) is 1.74. The van der Waals surface area contributed by atoms with Crippen LogP contribution in [0, 0.1) is 0 Å². The van der Waals surface area contributed by atoms with Crippen molar-refractivity contribution in [2.75, 3.05) is 14.1 Å². The van der Waals surface area contributed by atoms with Crippen LogP contribution in [0.2, 0.25) is 0 Å². The highest BCUT2D eigenvalue weighted by molar-refractivity contribution is 7.89. The van der Waals surface area contributed by atoms with Crippen LogP contribution in [0.1, 0.15) is 0 Å². The van der Waals surface area contributed by atoms with E-state index in [2.05, 4.69) is 19.7 Å². The number of benzene rings is 2. The van der Waals surface area contributed by atoms with E-state index in [1.54, 1.807) is 0 Å². The number of nitrogens with one attached hydrogen (secondary N) is 2. The lowest BCUT2D eigenvalue weighted by atomic mass is 10.3. The summed E-state index contributed by atoms with van der Waals surface area (Å²) in [6, 6.07) is 11.8. The fraction of sp³-hybridized carbons (Fsp3) is 0.143. The van der Waals surface area contributed by atoms with Crippen LogP contribution in [0.25, 0.3) is 0 Å². The van der Waals surface area contributed by atoms with Crippen LogP contribution in [0.15, 0.2) is 68.6 Å². The largest absolute Gasteiger partial charge is 0.240 e. The molecule has 24 heavy (non-hydrogen) atoms. The maximum absolute atomic E-state index is 11.6. The minimum Gasteiger partial charge on any atom is -0.214 e. The summed E-state index contributed by atoms with van der Waals surface area (Å²) in [4.78, 5) is 0.260. The molecule has 0 saturated carbocycles. The molecule has 2 aromatic carbocycles. The highest BCUT2D eigenvalue weighted by Crippen LogP contribution is 2.21. The molecule has 8 nitrogen and oxygen atoms in total. The molecule has 0 saturated heterocycles. The topological polar surface area (TPSA) is 117 Å². The molecule has 2 rings (SSSR count). The molecule has 0 aliphatic heterocycles. The van der Waals surface area contributed by atoms with Crippen LogP contribution in [-0.2, 0) is 20.0 Å². The van der Waals surface area contributed by atoms with E-state index < -0.39 is 20.0 Å². The van der Waals surface area contributed by atoms with Gasteiger partial charge in [0, 0.05) is 0 Å². The third kappa shape index (κ3) is 4.23. The minimum absolute atomic E-state index is 0.130. The molecule has 0 unspecified atom stereocenters. The summed E-state index contributed by atoms with van der Waals surface area (Å²) in [5.74, 6) is 0. The Bertz CT molecular complexity index is 856. The smallest absolute Gasteiger partial charge is 0.214 e. The average molecular weight is 368 g/mol. The fourth-order valence-corrected chi connectivity index (χ4v) is 3.20. The van der Waals surface area contributed by atoms with E-state index in [-0.39, 0.29) is 9.79 Å². The van der Waals surface area contributed by atoms with Crippen LogP contribution in [0.4, 0.5) is 11.4 Å². The number of sulfonamides is 2. The van der Waals surface area contributed by atoms with E-state index in [9.17, 15) is 16.8 Å². The Morgan fingerprint density at radius 3 is 1.17 bits per heavy atom. The summed E-state index contributed by atoms with van der Waals surface area (Å²) in [5.41, 5.74) is 0.939. The van der Waals surface area contributed by atoms with Gasteiger partial charge in [-0.25, -0.2) is 26.3 Å². The van der Waals surface area contributed by atoms with Gasteiger partial charge in [-0.15, -0.1) is 0 Å². The Hall–Kier alpha value is -2.14. The quantitative estimate of drug-likeness (QED) is 0.757. The Morgan fingerprint density at radius 1 is 0.625 bits per heavy atom. The van der Waals surface area contributed by atoms with Crippen molar-refractivity contribution in [1.29, 1.82) is 0 Å². The van der Waals surface area contributed by atoms with Crippen LogP contribution in [-0.4, -0.2) is 30.9 Å². The van der Waals surface area contributed by atoms with Crippen LogP contribution >= 0.6 is 0 Å². The number of hydrogen-bond donors (Lipinski definition) is 2. The number of hydrogen-bond acceptors (Lipinski definition) is 6. The third-order valence-corrected chi connectivity index (χ3v) is 5.97. The van der Waals surface area contributed by atoms with Crippen molar-refractivity contribution in [3.8, 4) is 0 Å². The first kappa shape index (κ1) is 18.2. The standard InChI is InChI=1S/C14H16N4O4S2/c1-15-23(19,20)13-7-3-11(4-8-13)17-18-12-5-9-14(10-6-12)24(21,22)16-2/h3-10,15-16H,1-2H3. The molecule has 0 aromatic heterocycles. The zero-order valence-corrected chi connectivity index (χ0v) is 14.6. The monoisotopic (exact) mass is 368 g/mol. The van der Waals surface area contributed by atoms with Gasteiger partial charge >= 0.3 is 0 Å². The van der Waals surface area contributed by atoms with Crippen molar-refractivity contribution >= 4 is 31.4 Å². The van der Waals surface area contributed by atoms with Gasteiger partial charge in [-0.05, 0) is 62.6 Å². The minimum atomic E-state index is -3.49. The second-order valence-electron chi connectivity index (χ2n) is 4.60. The molecule has 2 N–H and O–H groups in total. The molecular formula is C14H16N4O4S2. The van der Waals surface area contributed by atoms with Crippen LogP contribution < -0.4 is 9.44 Å². The molecule has 0 bridgehead atoms. The van der Waals surface area contributed by atoms with E-state index >= 15 is 0 Å². The number of azo groups is 1. The van der Waals surface area contributed by atoms with Crippen molar-refractivity contribution in [3.63, 3.8) is 0 Å². The Kier molecular flexibility index (Phi) is 5.44. The zero-order valence-electron chi connectivity index (χ0n) is 13.0. The van der Waals surface area contributed by atoms with Gasteiger partial charge in [0.15, 0.2) is 0 Å². The van der Waals surface area contributed by atoms with Gasteiger partial charge in [0.1, 0.15) is 0 Å². The predicted molar refractivity (Wildman–Crippen MR) is 89.6 cm³/mol. The van der Waals surface area contributed by atoms with E-state index in [1.807, 2.05) is 0 Å². The second kappa shape index (κ2) is 7.18. The summed E-state index contributed by atoms with van der Waals surface area (Å²) in [6.45, 7) is 0. The Balaban J connectivity index is 2.17. The first-order chi connectivity index (χ1) is 11.3. The summed E-state index contributed by atoms with van der Waals surface area (Å²) < 4.78 is 50.9. The normalized spacial score (nSPS) is 12.6. The third-order valence-electron chi connectivity index (χ3n) is 3.11. The van der Waals surface area contributed by atoms with Crippen molar-refractivity contribution in [2.24, 2.45) is 10.2 Å². The molecule has 0 heterocycles. The molecule has 0 radical (unpaired) electrons. The molecular weight excluding hydrogens is 352 g/mol. The Morgan fingerprint density at radius 2 is 0.917 bits per heavy atom. The molecule has 2 aromatic rings. The van der Waals surface area contributed by atoms with Crippen LogP contribution in [0.5, 0.6) is 0 Å². The number of rotatable bonds is 6. The summed E-state index contributed by atoms with van der Waals surface area (Å²) in [5, 5.41) is 7.96. The van der Waals surface area contributed by atoms with Gasteiger partial charge in [0.25, 0.3) is 0 Å². The number of nitrogens with zero attached hydrogens (tertiary/aromatic N) is 2. The summed E-state index contributed by atoms with van der Waals surface area (Å²) in [6.07, 6.45) is 0. The summed E-state index contributed by atoms with van der Waals surface area (Å²) in [7, 11) is -4.31. The van der Waals surface area contributed by atoms with Gasteiger partial charge in [-0.3, -0.25) is 0 Å². The van der Waals surface area contributed by atoms with E-state index in [4.69, 9.17) is 0 Å². The predicted octanol–water partition coefficient (Wildman–Crippen LogP) is 1.92. The van der Waals surface area contributed by atoms with E-state index in [0.29, 0.717) is 11.4 Å². The lowest BCUT2D eigenvalue weighted by molar-refractivity contribution is 0.586. The van der Waals surface area contributed by atoms with Crippen molar-refractivity contribution in [2.45, 2.75) is 9.79 Å². The van der Waals surface area contributed by atoms with E-state index in [0.717, 1.165) is 0 Å². The second-order valence-corrected chi connectivity index (χ2v) is 8.38. The maximum Gasteiger partial charge on any atom is 0.240 e. The molecule has 0 aliphatic rings.